The fourth-order valence-corrected chi connectivity index (χ4v) is 3.89. The van der Waals surface area contributed by atoms with Crippen LogP contribution in [0.5, 0.6) is 0 Å². The van der Waals surface area contributed by atoms with Gasteiger partial charge in [0, 0.05) is 24.5 Å². The second-order valence-electron chi connectivity index (χ2n) is 6.85. The van der Waals surface area contributed by atoms with Gasteiger partial charge in [0.05, 0.1) is 17.9 Å². The van der Waals surface area contributed by atoms with Crippen LogP contribution in [0.25, 0.3) is 0 Å². The lowest BCUT2D eigenvalue weighted by Gasteiger charge is -2.30. The quantitative estimate of drug-likeness (QED) is 0.939. The SMILES string of the molecule is O=c1cc2c(nn1C1CCC(Nc3cnccn3)CC1)CCCC2. The number of fused-ring (bicyclic) bond motifs is 1. The highest BCUT2D eigenvalue weighted by atomic mass is 16.1. The van der Waals surface area contributed by atoms with Gasteiger partial charge in [-0.25, -0.2) is 9.67 Å². The molecule has 0 aromatic carbocycles. The molecule has 0 atom stereocenters. The van der Waals surface area contributed by atoms with Crippen molar-refractivity contribution in [2.24, 2.45) is 0 Å². The molecule has 0 aliphatic heterocycles. The minimum Gasteiger partial charge on any atom is -0.366 e. The van der Waals surface area contributed by atoms with E-state index in [0.29, 0.717) is 6.04 Å². The standard InChI is InChI=1S/C18H23N5O/c24-18-11-13-3-1-2-4-16(13)22-23(18)15-7-5-14(6-8-15)21-17-12-19-9-10-20-17/h9-12,14-15H,1-8H2,(H,20,21). The van der Waals surface area contributed by atoms with E-state index in [1.165, 1.54) is 18.4 Å². The first-order valence-electron chi connectivity index (χ1n) is 8.94. The number of hydrogen-bond donors (Lipinski definition) is 1. The number of hydrogen-bond acceptors (Lipinski definition) is 5. The summed E-state index contributed by atoms with van der Waals surface area (Å²) in [6.07, 6.45) is 13.5. The Hall–Kier alpha value is -2.24. The van der Waals surface area contributed by atoms with Crippen LogP contribution in [0.3, 0.4) is 0 Å². The summed E-state index contributed by atoms with van der Waals surface area (Å²) in [5.74, 6) is 0.824. The van der Waals surface area contributed by atoms with Crippen molar-refractivity contribution >= 4 is 5.82 Å². The first-order valence-corrected chi connectivity index (χ1v) is 8.94. The van der Waals surface area contributed by atoms with Crippen molar-refractivity contribution in [3.8, 4) is 0 Å². The summed E-state index contributed by atoms with van der Waals surface area (Å²) in [6.45, 7) is 0. The van der Waals surface area contributed by atoms with E-state index in [1.54, 1.807) is 23.3 Å². The largest absolute Gasteiger partial charge is 0.366 e. The van der Waals surface area contributed by atoms with E-state index >= 15 is 0 Å². The lowest BCUT2D eigenvalue weighted by molar-refractivity contribution is 0.300. The van der Waals surface area contributed by atoms with Gasteiger partial charge in [0.1, 0.15) is 5.82 Å². The summed E-state index contributed by atoms with van der Waals surface area (Å²) in [4.78, 5) is 20.8. The van der Waals surface area contributed by atoms with E-state index in [2.05, 4.69) is 15.3 Å². The lowest BCUT2D eigenvalue weighted by atomic mass is 9.91. The Morgan fingerprint density at radius 1 is 1.08 bits per heavy atom. The topological polar surface area (TPSA) is 72.7 Å². The molecule has 1 saturated carbocycles. The molecule has 2 aliphatic carbocycles. The molecular formula is C18H23N5O. The molecule has 4 rings (SSSR count). The summed E-state index contributed by atoms with van der Waals surface area (Å²) >= 11 is 0. The van der Waals surface area contributed by atoms with Gasteiger partial charge in [0.2, 0.25) is 0 Å². The molecule has 2 aliphatic rings. The first-order chi connectivity index (χ1) is 11.8. The Bertz CT molecular complexity index is 750. The third-order valence-corrected chi connectivity index (χ3v) is 5.19. The zero-order chi connectivity index (χ0) is 16.4. The van der Waals surface area contributed by atoms with Crippen LogP contribution < -0.4 is 10.9 Å². The minimum atomic E-state index is 0.0704. The molecule has 6 nitrogen and oxygen atoms in total. The van der Waals surface area contributed by atoms with Gasteiger partial charge in [0.15, 0.2) is 0 Å². The Balaban J connectivity index is 1.43. The molecule has 2 heterocycles. The molecule has 0 bridgehead atoms. The van der Waals surface area contributed by atoms with Gasteiger partial charge in [-0.1, -0.05) is 0 Å². The summed E-state index contributed by atoms with van der Waals surface area (Å²) in [7, 11) is 0. The highest BCUT2D eigenvalue weighted by Gasteiger charge is 2.25. The maximum Gasteiger partial charge on any atom is 0.267 e. The molecule has 0 amide bonds. The zero-order valence-corrected chi connectivity index (χ0v) is 13.8. The molecule has 1 N–H and O–H groups in total. The van der Waals surface area contributed by atoms with E-state index in [9.17, 15) is 4.79 Å². The fourth-order valence-electron chi connectivity index (χ4n) is 3.89. The van der Waals surface area contributed by atoms with Gasteiger partial charge in [-0.2, -0.15) is 5.10 Å². The van der Waals surface area contributed by atoms with Crippen LogP contribution in [-0.4, -0.2) is 25.8 Å². The van der Waals surface area contributed by atoms with Crippen molar-refractivity contribution < 1.29 is 0 Å². The number of rotatable bonds is 3. The number of aryl methyl sites for hydroxylation is 2. The van der Waals surface area contributed by atoms with Crippen LogP contribution in [0.2, 0.25) is 0 Å². The Morgan fingerprint density at radius 3 is 2.71 bits per heavy atom. The summed E-state index contributed by atoms with van der Waals surface area (Å²) in [6, 6.07) is 2.45. The van der Waals surface area contributed by atoms with E-state index < -0.39 is 0 Å². The summed E-state index contributed by atoms with van der Waals surface area (Å²) in [5, 5.41) is 8.14. The molecule has 1 fully saturated rings. The van der Waals surface area contributed by atoms with E-state index in [1.807, 2.05) is 6.07 Å². The second kappa shape index (κ2) is 6.71. The van der Waals surface area contributed by atoms with Crippen LogP contribution in [0.1, 0.15) is 55.8 Å². The normalized spacial score (nSPS) is 23.5. The van der Waals surface area contributed by atoms with Crippen molar-refractivity contribution in [1.82, 2.24) is 19.7 Å². The van der Waals surface area contributed by atoms with Crippen LogP contribution in [-0.2, 0) is 12.8 Å². The number of nitrogens with one attached hydrogen (secondary N) is 1. The molecule has 0 radical (unpaired) electrons. The highest BCUT2D eigenvalue weighted by Crippen LogP contribution is 2.29. The van der Waals surface area contributed by atoms with Crippen molar-refractivity contribution in [2.75, 3.05) is 5.32 Å². The maximum atomic E-state index is 12.4. The van der Waals surface area contributed by atoms with Crippen molar-refractivity contribution in [3.63, 3.8) is 0 Å². The van der Waals surface area contributed by atoms with Crippen LogP contribution >= 0.6 is 0 Å². The molecule has 126 valence electrons. The number of nitrogens with zero attached hydrogens (tertiary/aromatic N) is 4. The van der Waals surface area contributed by atoms with Crippen molar-refractivity contribution in [2.45, 2.75) is 63.5 Å². The number of aromatic nitrogens is 4. The monoisotopic (exact) mass is 325 g/mol. The van der Waals surface area contributed by atoms with Crippen molar-refractivity contribution in [3.05, 3.63) is 46.3 Å². The Labute approximate surface area is 141 Å². The maximum absolute atomic E-state index is 12.4. The molecule has 0 unspecified atom stereocenters. The first kappa shape index (κ1) is 15.3. The van der Waals surface area contributed by atoms with Crippen molar-refractivity contribution in [1.29, 1.82) is 0 Å². The summed E-state index contributed by atoms with van der Waals surface area (Å²) < 4.78 is 1.75. The minimum absolute atomic E-state index is 0.0704. The average molecular weight is 325 g/mol. The molecular weight excluding hydrogens is 302 g/mol. The van der Waals surface area contributed by atoms with Crippen LogP contribution in [0.15, 0.2) is 29.5 Å². The van der Waals surface area contributed by atoms with E-state index in [0.717, 1.165) is 50.0 Å². The Kier molecular flexibility index (Phi) is 4.28. The second-order valence-corrected chi connectivity index (χ2v) is 6.85. The van der Waals surface area contributed by atoms with Gasteiger partial charge in [-0.3, -0.25) is 9.78 Å². The lowest BCUT2D eigenvalue weighted by Crippen LogP contribution is -2.34. The molecule has 2 aromatic heterocycles. The third-order valence-electron chi connectivity index (χ3n) is 5.19. The molecule has 0 saturated heterocycles. The fraction of sp³-hybridized carbons (Fsp3) is 0.556. The third kappa shape index (κ3) is 3.18. The van der Waals surface area contributed by atoms with Gasteiger partial charge in [-0.15, -0.1) is 0 Å². The number of anilines is 1. The van der Waals surface area contributed by atoms with E-state index in [4.69, 9.17) is 5.10 Å². The van der Waals surface area contributed by atoms with E-state index in [-0.39, 0.29) is 11.6 Å². The zero-order valence-electron chi connectivity index (χ0n) is 13.8. The predicted octanol–water partition coefficient (Wildman–Crippen LogP) is 2.51. The average Bonchev–Trinajstić information content (AvgIpc) is 2.63. The predicted molar refractivity (Wildman–Crippen MR) is 92.1 cm³/mol. The smallest absolute Gasteiger partial charge is 0.267 e. The Morgan fingerprint density at radius 2 is 1.92 bits per heavy atom. The van der Waals surface area contributed by atoms with Gasteiger partial charge in [0.25, 0.3) is 5.56 Å². The highest BCUT2D eigenvalue weighted by molar-refractivity contribution is 5.31. The van der Waals surface area contributed by atoms with Gasteiger partial charge in [-0.05, 0) is 56.9 Å². The van der Waals surface area contributed by atoms with Crippen LogP contribution in [0.4, 0.5) is 5.82 Å². The van der Waals surface area contributed by atoms with Crippen LogP contribution in [0, 0.1) is 0 Å². The van der Waals surface area contributed by atoms with Gasteiger partial charge < -0.3 is 5.32 Å². The summed E-state index contributed by atoms with van der Waals surface area (Å²) in [5.41, 5.74) is 2.38. The van der Waals surface area contributed by atoms with Gasteiger partial charge >= 0.3 is 0 Å². The molecule has 0 spiro atoms. The molecule has 2 aromatic rings. The molecule has 24 heavy (non-hydrogen) atoms. The molecule has 6 heteroatoms.